The summed E-state index contributed by atoms with van der Waals surface area (Å²) in [6.45, 7) is 6.56. The number of hydrogen-bond acceptors (Lipinski definition) is 4. The summed E-state index contributed by atoms with van der Waals surface area (Å²) in [5, 5.41) is 10.0. The Bertz CT molecular complexity index is 612. The topological polar surface area (TPSA) is 62.7 Å². The van der Waals surface area contributed by atoms with Gasteiger partial charge in [-0.1, -0.05) is 17.7 Å². The van der Waals surface area contributed by atoms with E-state index < -0.39 is 0 Å². The minimum atomic E-state index is 0.378. The highest BCUT2D eigenvalue weighted by molar-refractivity contribution is 7.12. The van der Waals surface area contributed by atoms with Crippen LogP contribution in [-0.4, -0.2) is 4.98 Å². The van der Waals surface area contributed by atoms with Gasteiger partial charge in [0.2, 0.25) is 0 Å². The first-order valence-corrected chi connectivity index (χ1v) is 6.56. The number of rotatable bonds is 2. The number of thiazole rings is 1. The Morgan fingerprint density at radius 1 is 1.28 bits per heavy atom. The summed E-state index contributed by atoms with van der Waals surface area (Å²) in [4.78, 5) is 5.14. The molecule has 0 saturated carbocycles. The van der Waals surface area contributed by atoms with E-state index in [1.165, 1.54) is 16.9 Å². The third-order valence-electron chi connectivity index (χ3n) is 2.86. The molecule has 0 saturated heterocycles. The third kappa shape index (κ3) is 2.15. The van der Waals surface area contributed by atoms with Crippen molar-refractivity contribution in [2.24, 2.45) is 5.73 Å². The molecule has 92 valence electrons. The van der Waals surface area contributed by atoms with Crippen molar-refractivity contribution >= 4 is 11.3 Å². The van der Waals surface area contributed by atoms with E-state index in [4.69, 9.17) is 5.73 Å². The highest BCUT2D eigenvalue weighted by Crippen LogP contribution is 2.33. The molecular weight excluding hydrogens is 242 g/mol. The molecule has 1 aromatic carbocycles. The van der Waals surface area contributed by atoms with Crippen LogP contribution in [-0.2, 0) is 6.54 Å². The van der Waals surface area contributed by atoms with Gasteiger partial charge in [-0.15, -0.1) is 11.3 Å². The first-order chi connectivity index (χ1) is 8.56. The van der Waals surface area contributed by atoms with Gasteiger partial charge in [0, 0.05) is 12.1 Å². The molecule has 2 aromatic rings. The van der Waals surface area contributed by atoms with Crippen LogP contribution < -0.4 is 5.73 Å². The second-order valence-electron chi connectivity index (χ2n) is 4.37. The lowest BCUT2D eigenvalue weighted by molar-refractivity contribution is 1.04. The van der Waals surface area contributed by atoms with Crippen LogP contribution in [0.4, 0.5) is 0 Å². The molecule has 0 spiro atoms. The zero-order valence-electron chi connectivity index (χ0n) is 10.7. The van der Waals surface area contributed by atoms with Gasteiger partial charge in [0.05, 0.1) is 0 Å². The standard InChI is InChI=1S/C14H15N3S/c1-8-4-9(2)13(10(3)5-8)14-11(6-15)18-12(7-16)17-14/h4-5H,7,16H2,1-3H3. The van der Waals surface area contributed by atoms with E-state index in [1.54, 1.807) is 0 Å². The van der Waals surface area contributed by atoms with Gasteiger partial charge in [-0.25, -0.2) is 4.98 Å². The summed E-state index contributed by atoms with van der Waals surface area (Å²) in [6.07, 6.45) is 0. The first kappa shape index (κ1) is 12.7. The third-order valence-corrected chi connectivity index (χ3v) is 3.84. The zero-order valence-corrected chi connectivity index (χ0v) is 11.6. The Balaban J connectivity index is 2.69. The fourth-order valence-corrected chi connectivity index (χ4v) is 3.00. The maximum atomic E-state index is 9.20. The molecule has 4 heteroatoms. The summed E-state index contributed by atoms with van der Waals surface area (Å²) < 4.78 is 0. The van der Waals surface area contributed by atoms with Gasteiger partial charge >= 0.3 is 0 Å². The molecule has 1 aromatic heterocycles. The van der Waals surface area contributed by atoms with Crippen molar-refractivity contribution in [2.45, 2.75) is 27.3 Å². The molecule has 0 bridgehead atoms. The van der Waals surface area contributed by atoms with E-state index in [0.29, 0.717) is 11.4 Å². The van der Waals surface area contributed by atoms with Crippen LogP contribution in [0.1, 0.15) is 26.6 Å². The van der Waals surface area contributed by atoms with Crippen molar-refractivity contribution < 1.29 is 0 Å². The average Bonchev–Trinajstić information content (AvgIpc) is 2.71. The van der Waals surface area contributed by atoms with Crippen molar-refractivity contribution in [1.29, 1.82) is 5.26 Å². The molecule has 0 radical (unpaired) electrons. The molecule has 3 nitrogen and oxygen atoms in total. The second kappa shape index (κ2) is 4.89. The zero-order chi connectivity index (χ0) is 13.3. The van der Waals surface area contributed by atoms with E-state index in [2.05, 4.69) is 44.0 Å². The largest absolute Gasteiger partial charge is 0.325 e. The fraction of sp³-hybridized carbons (Fsp3) is 0.286. The van der Waals surface area contributed by atoms with E-state index in [-0.39, 0.29) is 0 Å². The lowest BCUT2D eigenvalue weighted by atomic mass is 9.97. The van der Waals surface area contributed by atoms with Crippen molar-refractivity contribution in [3.63, 3.8) is 0 Å². The maximum Gasteiger partial charge on any atom is 0.132 e. The van der Waals surface area contributed by atoms with Gasteiger partial charge in [0.25, 0.3) is 0 Å². The smallest absolute Gasteiger partial charge is 0.132 e. The Kier molecular flexibility index (Phi) is 3.46. The normalized spacial score (nSPS) is 10.4. The molecule has 0 fully saturated rings. The number of aryl methyl sites for hydroxylation is 3. The number of nitrogens with zero attached hydrogens (tertiary/aromatic N) is 2. The average molecular weight is 257 g/mol. The lowest BCUT2D eigenvalue weighted by Gasteiger charge is -2.09. The summed E-state index contributed by atoms with van der Waals surface area (Å²) >= 11 is 1.38. The first-order valence-electron chi connectivity index (χ1n) is 5.75. The predicted molar refractivity (Wildman–Crippen MR) is 74.4 cm³/mol. The molecular formula is C14H15N3S. The lowest BCUT2D eigenvalue weighted by Crippen LogP contribution is -1.96. The van der Waals surface area contributed by atoms with Crippen LogP contribution in [0.5, 0.6) is 0 Å². The molecule has 0 aliphatic heterocycles. The molecule has 0 unspecified atom stereocenters. The predicted octanol–water partition coefficient (Wildman–Crippen LogP) is 3.07. The monoisotopic (exact) mass is 257 g/mol. The molecule has 0 aliphatic carbocycles. The van der Waals surface area contributed by atoms with Crippen LogP contribution in [0.3, 0.4) is 0 Å². The number of nitriles is 1. The quantitative estimate of drug-likeness (QED) is 0.899. The Morgan fingerprint density at radius 3 is 2.39 bits per heavy atom. The highest BCUT2D eigenvalue weighted by atomic mass is 32.1. The number of nitrogens with two attached hydrogens (primary N) is 1. The van der Waals surface area contributed by atoms with E-state index in [9.17, 15) is 5.26 Å². The van der Waals surface area contributed by atoms with Crippen molar-refractivity contribution in [2.75, 3.05) is 0 Å². The molecule has 0 aliphatic rings. The molecule has 18 heavy (non-hydrogen) atoms. The molecule has 0 amide bonds. The van der Waals surface area contributed by atoms with Crippen molar-refractivity contribution in [3.05, 3.63) is 38.7 Å². The summed E-state index contributed by atoms with van der Waals surface area (Å²) in [7, 11) is 0. The molecule has 2 N–H and O–H groups in total. The van der Waals surface area contributed by atoms with E-state index in [0.717, 1.165) is 27.4 Å². The Labute approximate surface area is 111 Å². The minimum Gasteiger partial charge on any atom is -0.325 e. The SMILES string of the molecule is Cc1cc(C)c(-c2nc(CN)sc2C#N)c(C)c1. The maximum absolute atomic E-state index is 9.20. The van der Waals surface area contributed by atoms with Gasteiger partial charge < -0.3 is 5.73 Å². The van der Waals surface area contributed by atoms with Gasteiger partial charge in [-0.3, -0.25) is 0 Å². The number of hydrogen-bond donors (Lipinski definition) is 1. The van der Waals surface area contributed by atoms with Crippen LogP contribution in [0.15, 0.2) is 12.1 Å². The second-order valence-corrected chi connectivity index (χ2v) is 5.46. The summed E-state index contributed by atoms with van der Waals surface area (Å²) in [5.41, 5.74) is 11.0. The van der Waals surface area contributed by atoms with Crippen LogP contribution in [0.2, 0.25) is 0 Å². The van der Waals surface area contributed by atoms with Crippen molar-refractivity contribution in [1.82, 2.24) is 4.98 Å². The van der Waals surface area contributed by atoms with Gasteiger partial charge in [-0.05, 0) is 31.9 Å². The molecule has 2 rings (SSSR count). The Morgan fingerprint density at radius 2 is 1.89 bits per heavy atom. The minimum absolute atomic E-state index is 0.378. The summed E-state index contributed by atoms with van der Waals surface area (Å²) in [6, 6.07) is 6.45. The van der Waals surface area contributed by atoms with E-state index >= 15 is 0 Å². The van der Waals surface area contributed by atoms with Gasteiger partial charge in [0.15, 0.2) is 0 Å². The number of aromatic nitrogens is 1. The van der Waals surface area contributed by atoms with E-state index in [1.807, 2.05) is 0 Å². The highest BCUT2D eigenvalue weighted by Gasteiger charge is 2.16. The number of benzene rings is 1. The fourth-order valence-electron chi connectivity index (χ4n) is 2.25. The van der Waals surface area contributed by atoms with Crippen LogP contribution in [0, 0.1) is 32.1 Å². The van der Waals surface area contributed by atoms with Crippen LogP contribution in [0.25, 0.3) is 11.3 Å². The molecule has 0 atom stereocenters. The van der Waals surface area contributed by atoms with Gasteiger partial charge in [0.1, 0.15) is 21.6 Å². The summed E-state index contributed by atoms with van der Waals surface area (Å²) in [5.74, 6) is 0. The molecule has 1 heterocycles. The van der Waals surface area contributed by atoms with Gasteiger partial charge in [-0.2, -0.15) is 5.26 Å². The van der Waals surface area contributed by atoms with Crippen LogP contribution >= 0.6 is 11.3 Å². The van der Waals surface area contributed by atoms with Crippen molar-refractivity contribution in [3.8, 4) is 17.3 Å². The Hall–Kier alpha value is -1.70.